The summed E-state index contributed by atoms with van der Waals surface area (Å²) in [7, 11) is 0. The van der Waals surface area contributed by atoms with Crippen molar-refractivity contribution in [1.82, 2.24) is 15.0 Å². The number of rotatable bonds is 9. The van der Waals surface area contributed by atoms with Crippen LogP contribution in [0.4, 0.5) is 11.4 Å². The largest absolute Gasteiger partial charge is 0.395 e. The molecule has 3 aromatic rings. The lowest BCUT2D eigenvalue weighted by molar-refractivity contribution is -0.137. The van der Waals surface area contributed by atoms with Crippen molar-refractivity contribution in [3.8, 4) is 0 Å². The number of amides is 2. The molecule has 3 heterocycles. The Morgan fingerprint density at radius 2 is 2.00 bits per heavy atom. The Bertz CT molecular complexity index is 1300. The van der Waals surface area contributed by atoms with E-state index in [2.05, 4.69) is 15.6 Å². The highest BCUT2D eigenvalue weighted by atomic mass is 16.3. The van der Waals surface area contributed by atoms with Gasteiger partial charge in [0.15, 0.2) is 5.60 Å². The van der Waals surface area contributed by atoms with E-state index in [1.165, 1.54) is 0 Å². The van der Waals surface area contributed by atoms with Gasteiger partial charge in [-0.15, -0.1) is 5.10 Å². The van der Waals surface area contributed by atoms with Crippen molar-refractivity contribution in [2.75, 3.05) is 23.4 Å². The molecule has 1 fully saturated rings. The molecule has 3 atom stereocenters. The minimum Gasteiger partial charge on any atom is -0.395 e. The second-order valence-corrected chi connectivity index (χ2v) is 9.30. The Morgan fingerprint density at radius 3 is 2.69 bits per heavy atom. The lowest BCUT2D eigenvalue weighted by Gasteiger charge is -2.32. The van der Waals surface area contributed by atoms with E-state index in [4.69, 9.17) is 0 Å². The molecular formula is C27H29N5O4. The molecule has 2 aromatic carbocycles. The Hall–Kier alpha value is -3.82. The van der Waals surface area contributed by atoms with Crippen molar-refractivity contribution in [2.45, 2.75) is 37.8 Å². The van der Waals surface area contributed by atoms with Gasteiger partial charge in [0, 0.05) is 48.6 Å². The van der Waals surface area contributed by atoms with E-state index in [9.17, 15) is 19.8 Å². The number of hydrogen-bond donors (Lipinski definition) is 3. The molecule has 186 valence electrons. The van der Waals surface area contributed by atoms with Crippen molar-refractivity contribution >= 4 is 23.2 Å². The third-order valence-corrected chi connectivity index (χ3v) is 7.08. The van der Waals surface area contributed by atoms with Crippen molar-refractivity contribution < 1.29 is 19.8 Å². The number of aliphatic hydroxyl groups is 2. The first kappa shape index (κ1) is 23.9. The molecule has 1 aromatic heterocycles. The number of aliphatic hydroxyl groups excluding tert-OH is 1. The number of carbonyl (C=O) groups is 2. The zero-order chi connectivity index (χ0) is 25.3. The summed E-state index contributed by atoms with van der Waals surface area (Å²) in [6, 6.07) is 14.9. The predicted molar refractivity (Wildman–Crippen MR) is 134 cm³/mol. The number of β-lactam (4-membered cyclic amide) rings is 1. The third kappa shape index (κ3) is 4.20. The lowest BCUT2D eigenvalue weighted by atomic mass is 9.82. The molecule has 0 saturated carbocycles. The summed E-state index contributed by atoms with van der Waals surface area (Å²) in [5, 5.41) is 32.5. The third-order valence-electron chi connectivity index (χ3n) is 7.08. The van der Waals surface area contributed by atoms with Gasteiger partial charge in [-0.2, -0.15) is 0 Å². The Labute approximate surface area is 209 Å². The molecule has 0 spiro atoms. The van der Waals surface area contributed by atoms with Gasteiger partial charge >= 0.3 is 0 Å². The SMILES string of the molecule is C[C@H](/C=C/CCn1cc(C(CO)c2ccccc2)nn1)[C@@]1(O)C(=O)Nc2ccc(N3CCC3=O)cc21. The second kappa shape index (κ2) is 9.67. The summed E-state index contributed by atoms with van der Waals surface area (Å²) in [6.07, 6.45) is 6.71. The molecule has 9 heteroatoms. The van der Waals surface area contributed by atoms with Gasteiger partial charge in [-0.25, -0.2) is 0 Å². The van der Waals surface area contributed by atoms with E-state index < -0.39 is 17.4 Å². The average Bonchev–Trinajstić information content (AvgIpc) is 3.45. The van der Waals surface area contributed by atoms with Gasteiger partial charge in [0.25, 0.3) is 5.91 Å². The monoisotopic (exact) mass is 487 g/mol. The van der Waals surface area contributed by atoms with Crippen LogP contribution in [0.25, 0.3) is 0 Å². The van der Waals surface area contributed by atoms with Crippen LogP contribution < -0.4 is 10.2 Å². The summed E-state index contributed by atoms with van der Waals surface area (Å²) in [5.74, 6) is -1.17. The molecular weight excluding hydrogens is 458 g/mol. The normalized spacial score (nSPS) is 20.8. The number of anilines is 2. The van der Waals surface area contributed by atoms with Crippen LogP contribution in [0.5, 0.6) is 0 Å². The van der Waals surface area contributed by atoms with Gasteiger partial charge in [0.05, 0.1) is 18.2 Å². The van der Waals surface area contributed by atoms with Gasteiger partial charge in [-0.1, -0.05) is 54.6 Å². The topological polar surface area (TPSA) is 121 Å². The van der Waals surface area contributed by atoms with Crippen LogP contribution >= 0.6 is 0 Å². The smallest absolute Gasteiger partial charge is 0.261 e. The molecule has 2 aliphatic heterocycles. The van der Waals surface area contributed by atoms with E-state index in [0.29, 0.717) is 48.6 Å². The van der Waals surface area contributed by atoms with Crippen LogP contribution in [0.3, 0.4) is 0 Å². The predicted octanol–water partition coefficient (Wildman–Crippen LogP) is 2.56. The minimum absolute atomic E-state index is 0.0362. The summed E-state index contributed by atoms with van der Waals surface area (Å²) in [6.45, 7) is 2.94. The molecule has 3 N–H and O–H groups in total. The maximum atomic E-state index is 12.8. The Kier molecular flexibility index (Phi) is 6.42. The van der Waals surface area contributed by atoms with Crippen molar-refractivity contribution in [1.29, 1.82) is 0 Å². The van der Waals surface area contributed by atoms with E-state index in [1.807, 2.05) is 48.7 Å². The number of allylic oxidation sites excluding steroid dienone is 1. The summed E-state index contributed by atoms with van der Waals surface area (Å²) in [4.78, 5) is 26.3. The van der Waals surface area contributed by atoms with E-state index in [0.717, 1.165) is 5.56 Å². The highest BCUT2D eigenvalue weighted by molar-refractivity contribution is 6.06. The summed E-state index contributed by atoms with van der Waals surface area (Å²) >= 11 is 0. The molecule has 1 saturated heterocycles. The van der Waals surface area contributed by atoms with Gasteiger partial charge in [0.1, 0.15) is 0 Å². The molecule has 2 aliphatic rings. The molecule has 1 unspecified atom stereocenters. The highest BCUT2D eigenvalue weighted by Gasteiger charge is 2.49. The van der Waals surface area contributed by atoms with Crippen LogP contribution in [-0.4, -0.2) is 50.2 Å². The number of nitrogens with one attached hydrogen (secondary N) is 1. The zero-order valence-corrected chi connectivity index (χ0v) is 20.0. The molecule has 2 amide bonds. The summed E-state index contributed by atoms with van der Waals surface area (Å²) in [5.41, 5.74) is 1.69. The first-order valence-corrected chi connectivity index (χ1v) is 12.1. The molecule has 0 radical (unpaired) electrons. The maximum Gasteiger partial charge on any atom is 0.261 e. The van der Waals surface area contributed by atoms with Crippen LogP contribution in [0, 0.1) is 5.92 Å². The Morgan fingerprint density at radius 1 is 1.19 bits per heavy atom. The van der Waals surface area contributed by atoms with Gasteiger partial charge in [0.2, 0.25) is 5.91 Å². The van der Waals surface area contributed by atoms with Crippen LogP contribution in [-0.2, 0) is 21.7 Å². The molecule has 36 heavy (non-hydrogen) atoms. The van der Waals surface area contributed by atoms with Crippen LogP contribution in [0.2, 0.25) is 0 Å². The fourth-order valence-corrected chi connectivity index (χ4v) is 4.79. The van der Waals surface area contributed by atoms with Crippen LogP contribution in [0.15, 0.2) is 66.9 Å². The second-order valence-electron chi connectivity index (χ2n) is 9.30. The molecule has 5 rings (SSSR count). The fourth-order valence-electron chi connectivity index (χ4n) is 4.79. The minimum atomic E-state index is -1.72. The van der Waals surface area contributed by atoms with Crippen LogP contribution in [0.1, 0.15) is 42.5 Å². The number of nitrogens with zero attached hydrogens (tertiary/aromatic N) is 4. The number of aromatic nitrogens is 3. The number of benzene rings is 2. The number of fused-ring (bicyclic) bond motifs is 1. The van der Waals surface area contributed by atoms with Gasteiger partial charge in [-0.3, -0.25) is 14.3 Å². The number of carbonyl (C=O) groups excluding carboxylic acids is 2. The molecule has 0 bridgehead atoms. The molecule has 9 nitrogen and oxygen atoms in total. The van der Waals surface area contributed by atoms with Gasteiger partial charge < -0.3 is 20.4 Å². The maximum absolute atomic E-state index is 12.8. The highest BCUT2D eigenvalue weighted by Crippen LogP contribution is 2.43. The standard InChI is InChI=1S/C27H29N5O4/c1-18(27(36)22-15-20(32-14-12-25(32)34)10-11-23(22)28-26(27)35)7-5-6-13-31-16-24(29-30-31)21(17-33)19-8-3-2-4-9-19/h2-5,7-11,15-16,18,21,33,36H,6,12-14,17H2,1H3,(H,28,35)/b7-5+/t18-,21?,27+/m1/s1. The number of hydrogen-bond acceptors (Lipinski definition) is 6. The summed E-state index contributed by atoms with van der Waals surface area (Å²) < 4.78 is 1.72. The van der Waals surface area contributed by atoms with Crippen molar-refractivity contribution in [2.24, 2.45) is 5.92 Å². The first-order chi connectivity index (χ1) is 17.4. The zero-order valence-electron chi connectivity index (χ0n) is 20.0. The Balaban J connectivity index is 1.24. The number of aryl methyl sites for hydroxylation is 1. The first-order valence-electron chi connectivity index (χ1n) is 12.1. The lowest BCUT2D eigenvalue weighted by Crippen LogP contribution is -2.44. The molecule has 0 aliphatic carbocycles. The van der Waals surface area contributed by atoms with E-state index in [-0.39, 0.29) is 18.4 Å². The van der Waals surface area contributed by atoms with Crippen molar-refractivity contribution in [3.63, 3.8) is 0 Å². The van der Waals surface area contributed by atoms with E-state index >= 15 is 0 Å². The average molecular weight is 488 g/mol. The quantitative estimate of drug-likeness (QED) is 0.315. The van der Waals surface area contributed by atoms with Gasteiger partial charge in [-0.05, 0) is 30.2 Å². The van der Waals surface area contributed by atoms with Crippen molar-refractivity contribution in [3.05, 3.63) is 83.7 Å². The fraction of sp³-hybridized carbons (Fsp3) is 0.333. The van der Waals surface area contributed by atoms with E-state index in [1.54, 1.807) is 34.7 Å².